The van der Waals surface area contributed by atoms with Crippen LogP contribution < -0.4 is 4.90 Å². The minimum Gasteiger partial charge on any atom is -0.507 e. The van der Waals surface area contributed by atoms with Crippen LogP contribution >= 0.6 is 47.2 Å². The first-order valence-electron chi connectivity index (χ1n) is 7.07. The number of hydrogen-bond donors (Lipinski definition) is 2. The van der Waals surface area contributed by atoms with Gasteiger partial charge < -0.3 is 10.2 Å². The molecule has 0 atom stereocenters. The molecule has 0 aliphatic carbocycles. The number of aromatic carboxylic acids is 1. The van der Waals surface area contributed by atoms with E-state index in [0.717, 1.165) is 11.8 Å². The molecule has 1 aliphatic heterocycles. The van der Waals surface area contributed by atoms with E-state index in [9.17, 15) is 14.7 Å². The fourth-order valence-electron chi connectivity index (χ4n) is 2.28. The van der Waals surface area contributed by atoms with Crippen LogP contribution in [0, 0.1) is 0 Å². The number of amides is 1. The van der Waals surface area contributed by atoms with Crippen LogP contribution in [0.25, 0.3) is 6.08 Å². The first-order chi connectivity index (χ1) is 12.3. The number of rotatable bonds is 3. The van der Waals surface area contributed by atoms with Crippen molar-refractivity contribution in [2.24, 2.45) is 0 Å². The van der Waals surface area contributed by atoms with Crippen molar-refractivity contribution in [3.63, 3.8) is 0 Å². The van der Waals surface area contributed by atoms with Crippen LogP contribution in [0.4, 0.5) is 5.69 Å². The molecule has 0 radical (unpaired) electrons. The molecule has 26 heavy (non-hydrogen) atoms. The largest absolute Gasteiger partial charge is 0.507 e. The molecule has 0 aromatic heterocycles. The van der Waals surface area contributed by atoms with Crippen molar-refractivity contribution in [1.29, 1.82) is 0 Å². The number of anilines is 1. The third-order valence-electron chi connectivity index (χ3n) is 3.51. The molecule has 2 aromatic rings. The van der Waals surface area contributed by atoms with E-state index in [2.05, 4.69) is 0 Å². The van der Waals surface area contributed by atoms with Gasteiger partial charge in [0.1, 0.15) is 11.3 Å². The fraction of sp³-hybridized carbons (Fsp3) is 0. The molecule has 1 fully saturated rings. The number of thiocarbonyl (C=S) groups is 1. The van der Waals surface area contributed by atoms with Gasteiger partial charge in [-0.3, -0.25) is 9.69 Å². The lowest BCUT2D eigenvalue weighted by molar-refractivity contribution is -0.113. The van der Waals surface area contributed by atoms with E-state index in [1.165, 1.54) is 23.1 Å². The molecule has 2 N–H and O–H groups in total. The zero-order chi connectivity index (χ0) is 19.0. The maximum absolute atomic E-state index is 12.7. The number of hydrogen-bond acceptors (Lipinski definition) is 5. The highest BCUT2D eigenvalue weighted by Crippen LogP contribution is 2.38. The topological polar surface area (TPSA) is 77.8 Å². The van der Waals surface area contributed by atoms with E-state index in [1.54, 1.807) is 24.3 Å². The van der Waals surface area contributed by atoms with Crippen molar-refractivity contribution in [2.75, 3.05) is 4.90 Å². The summed E-state index contributed by atoms with van der Waals surface area (Å²) in [6, 6.07) is 8.72. The Balaban J connectivity index is 1.98. The van der Waals surface area contributed by atoms with Gasteiger partial charge in [0.15, 0.2) is 4.32 Å². The molecule has 132 valence electrons. The number of aromatic hydroxyl groups is 1. The zero-order valence-corrected chi connectivity index (χ0v) is 15.9. The summed E-state index contributed by atoms with van der Waals surface area (Å²) in [5.74, 6) is -2.11. The Morgan fingerprint density at radius 2 is 1.92 bits per heavy atom. The molecule has 5 nitrogen and oxygen atoms in total. The highest BCUT2D eigenvalue weighted by atomic mass is 35.5. The van der Waals surface area contributed by atoms with Gasteiger partial charge in [-0.25, -0.2) is 4.79 Å². The van der Waals surface area contributed by atoms with Crippen molar-refractivity contribution in [3.05, 3.63) is 62.5 Å². The Labute approximate surface area is 167 Å². The molecule has 0 saturated carbocycles. The van der Waals surface area contributed by atoms with Crippen LogP contribution in [0.2, 0.25) is 10.0 Å². The molecular formula is C17H9Cl2NO4S2. The number of thioether (sulfide) groups is 1. The van der Waals surface area contributed by atoms with Crippen LogP contribution in [0.1, 0.15) is 15.9 Å². The van der Waals surface area contributed by atoms with Crippen LogP contribution in [-0.4, -0.2) is 26.4 Å². The van der Waals surface area contributed by atoms with E-state index < -0.39 is 17.6 Å². The van der Waals surface area contributed by atoms with E-state index in [4.69, 9.17) is 40.5 Å². The standard InChI is InChI=1S/C17H9Cl2NO4S2/c18-9-2-1-8(12(19)6-9)5-14-15(22)20(17(25)26-14)10-3-4-13(21)11(7-10)16(23)24/h1-7,21H,(H,23,24)/b14-5-. The zero-order valence-electron chi connectivity index (χ0n) is 12.8. The van der Waals surface area contributed by atoms with E-state index in [1.807, 2.05) is 0 Å². The number of nitrogens with zero attached hydrogens (tertiary/aromatic N) is 1. The monoisotopic (exact) mass is 425 g/mol. The van der Waals surface area contributed by atoms with Gasteiger partial charge in [0, 0.05) is 10.0 Å². The van der Waals surface area contributed by atoms with Gasteiger partial charge in [-0.2, -0.15) is 0 Å². The van der Waals surface area contributed by atoms with Crippen molar-refractivity contribution in [2.45, 2.75) is 0 Å². The normalized spacial score (nSPS) is 15.8. The molecular weight excluding hydrogens is 417 g/mol. The number of benzene rings is 2. The quantitative estimate of drug-likeness (QED) is 0.542. The second-order valence-electron chi connectivity index (χ2n) is 5.19. The Bertz CT molecular complexity index is 991. The van der Waals surface area contributed by atoms with Crippen molar-refractivity contribution < 1.29 is 19.8 Å². The molecule has 1 heterocycles. The van der Waals surface area contributed by atoms with E-state index in [-0.39, 0.29) is 15.6 Å². The van der Waals surface area contributed by atoms with Gasteiger partial charge >= 0.3 is 5.97 Å². The number of carboxylic acid groups (broad SMARTS) is 1. The minimum absolute atomic E-state index is 0.244. The maximum Gasteiger partial charge on any atom is 0.339 e. The lowest BCUT2D eigenvalue weighted by atomic mass is 10.1. The molecule has 3 rings (SSSR count). The summed E-state index contributed by atoms with van der Waals surface area (Å²) in [6.07, 6.45) is 1.59. The number of halogens is 2. The van der Waals surface area contributed by atoms with Crippen LogP contribution in [-0.2, 0) is 4.79 Å². The summed E-state index contributed by atoms with van der Waals surface area (Å²) in [6.45, 7) is 0. The average molecular weight is 426 g/mol. The molecule has 0 unspecified atom stereocenters. The third-order valence-corrected chi connectivity index (χ3v) is 5.38. The summed E-state index contributed by atoms with van der Waals surface area (Å²) >= 11 is 18.3. The molecule has 1 aliphatic rings. The molecule has 9 heteroatoms. The predicted octanol–water partition coefficient (Wildman–Crippen LogP) is 4.80. The highest BCUT2D eigenvalue weighted by molar-refractivity contribution is 8.27. The van der Waals surface area contributed by atoms with Crippen molar-refractivity contribution >= 4 is 75.1 Å². The number of phenols is 1. The Hall–Kier alpha value is -2.06. The lowest BCUT2D eigenvalue weighted by Gasteiger charge is -2.15. The number of carbonyl (C=O) groups is 2. The minimum atomic E-state index is -1.31. The molecule has 0 spiro atoms. The Morgan fingerprint density at radius 3 is 2.58 bits per heavy atom. The van der Waals surface area contributed by atoms with Crippen molar-refractivity contribution in [3.8, 4) is 5.75 Å². The summed E-state index contributed by atoms with van der Waals surface area (Å²) in [5.41, 5.74) is 0.545. The maximum atomic E-state index is 12.7. The van der Waals surface area contributed by atoms with Crippen LogP contribution in [0.3, 0.4) is 0 Å². The number of carbonyl (C=O) groups excluding carboxylic acids is 1. The summed E-state index contributed by atoms with van der Waals surface area (Å²) in [5, 5.41) is 19.6. The predicted molar refractivity (Wildman–Crippen MR) is 107 cm³/mol. The highest BCUT2D eigenvalue weighted by Gasteiger charge is 2.34. The van der Waals surface area contributed by atoms with E-state index >= 15 is 0 Å². The second-order valence-corrected chi connectivity index (χ2v) is 7.71. The first kappa shape index (κ1) is 18.7. The SMILES string of the molecule is O=C(O)c1cc(N2C(=O)/C(=C/c3ccc(Cl)cc3Cl)SC2=S)ccc1O. The Morgan fingerprint density at radius 1 is 1.19 bits per heavy atom. The average Bonchev–Trinajstić information content (AvgIpc) is 2.84. The molecule has 0 bridgehead atoms. The molecule has 1 saturated heterocycles. The second kappa shape index (κ2) is 7.28. The first-order valence-corrected chi connectivity index (χ1v) is 9.05. The number of carboxylic acids is 1. The summed E-state index contributed by atoms with van der Waals surface area (Å²) in [7, 11) is 0. The van der Waals surface area contributed by atoms with Crippen LogP contribution in [0.5, 0.6) is 5.75 Å². The van der Waals surface area contributed by atoms with Crippen molar-refractivity contribution in [1.82, 2.24) is 0 Å². The molecule has 2 aromatic carbocycles. The van der Waals surface area contributed by atoms with Gasteiger partial charge in [-0.15, -0.1) is 0 Å². The van der Waals surface area contributed by atoms with Gasteiger partial charge in [0.05, 0.1) is 10.6 Å². The van der Waals surface area contributed by atoms with E-state index in [0.29, 0.717) is 20.5 Å². The van der Waals surface area contributed by atoms with Crippen LogP contribution in [0.15, 0.2) is 41.3 Å². The summed E-state index contributed by atoms with van der Waals surface area (Å²) < 4.78 is 0.244. The fourth-order valence-corrected chi connectivity index (χ4v) is 4.04. The van der Waals surface area contributed by atoms with Gasteiger partial charge in [0.2, 0.25) is 0 Å². The van der Waals surface area contributed by atoms with Gasteiger partial charge in [-0.1, -0.05) is 53.2 Å². The molecule has 1 amide bonds. The van der Waals surface area contributed by atoms with Gasteiger partial charge in [0.25, 0.3) is 5.91 Å². The Kier molecular flexibility index (Phi) is 5.24. The summed E-state index contributed by atoms with van der Waals surface area (Å²) in [4.78, 5) is 25.5. The lowest BCUT2D eigenvalue weighted by Crippen LogP contribution is -2.27. The third kappa shape index (κ3) is 3.57. The van der Waals surface area contributed by atoms with Gasteiger partial charge in [-0.05, 0) is 42.0 Å². The smallest absolute Gasteiger partial charge is 0.339 e.